The molecule has 1 aliphatic carbocycles. The van der Waals surface area contributed by atoms with E-state index in [1.54, 1.807) is 0 Å². The van der Waals surface area contributed by atoms with Crippen LogP contribution in [0.15, 0.2) is 0 Å². The largest absolute Gasteiger partial charge is 0.338 e. The summed E-state index contributed by atoms with van der Waals surface area (Å²) in [4.78, 5) is 31.2. The van der Waals surface area contributed by atoms with Gasteiger partial charge in [-0.25, -0.2) is 4.79 Å². The number of piperidine rings is 2. The molecule has 0 aromatic rings. The third-order valence-corrected chi connectivity index (χ3v) is 6.81. The zero-order chi connectivity index (χ0) is 17.2. The van der Waals surface area contributed by atoms with Crippen molar-refractivity contribution in [2.75, 3.05) is 39.3 Å². The first-order valence-corrected chi connectivity index (χ1v) is 10.3. The first-order valence-electron chi connectivity index (χ1n) is 10.3. The molecule has 4 fully saturated rings. The summed E-state index contributed by atoms with van der Waals surface area (Å²) < 4.78 is 0. The molecule has 6 heteroatoms. The maximum absolute atomic E-state index is 12.9. The van der Waals surface area contributed by atoms with Crippen LogP contribution < -0.4 is 5.32 Å². The minimum Gasteiger partial charge on any atom is -0.338 e. The van der Waals surface area contributed by atoms with E-state index < -0.39 is 0 Å². The molecule has 0 aromatic heterocycles. The van der Waals surface area contributed by atoms with E-state index in [1.807, 2.05) is 4.90 Å². The zero-order valence-corrected chi connectivity index (χ0v) is 15.3. The van der Waals surface area contributed by atoms with Crippen LogP contribution in [-0.2, 0) is 4.79 Å². The summed E-state index contributed by atoms with van der Waals surface area (Å²) in [7, 11) is 0. The number of likely N-dealkylation sites (tertiary alicyclic amines) is 2. The molecular formula is C19H32N4O2. The van der Waals surface area contributed by atoms with E-state index in [2.05, 4.69) is 15.1 Å². The van der Waals surface area contributed by atoms with Crippen LogP contribution >= 0.6 is 0 Å². The molecule has 0 aromatic carbocycles. The van der Waals surface area contributed by atoms with Crippen LogP contribution in [0.25, 0.3) is 0 Å². The maximum atomic E-state index is 12.9. The van der Waals surface area contributed by atoms with Crippen molar-refractivity contribution in [2.24, 2.45) is 5.92 Å². The number of carbonyl (C=O) groups excluding carboxylic acids is 2. The Kier molecular flexibility index (Phi) is 5.15. The van der Waals surface area contributed by atoms with Gasteiger partial charge in [-0.05, 0) is 44.4 Å². The first-order chi connectivity index (χ1) is 12.2. The predicted octanol–water partition coefficient (Wildman–Crippen LogP) is 1.66. The van der Waals surface area contributed by atoms with Crippen LogP contribution in [0.2, 0.25) is 0 Å². The van der Waals surface area contributed by atoms with Crippen molar-refractivity contribution in [1.29, 1.82) is 0 Å². The molecule has 4 rings (SSSR count). The summed E-state index contributed by atoms with van der Waals surface area (Å²) in [5.41, 5.74) is 0. The van der Waals surface area contributed by atoms with Crippen molar-refractivity contribution in [3.05, 3.63) is 0 Å². The lowest BCUT2D eigenvalue weighted by Gasteiger charge is -2.45. The summed E-state index contributed by atoms with van der Waals surface area (Å²) >= 11 is 0. The molecule has 1 saturated carbocycles. The molecule has 1 N–H and O–H groups in total. The summed E-state index contributed by atoms with van der Waals surface area (Å²) in [5.74, 6) is 1.10. The number of nitrogens with one attached hydrogen (secondary N) is 1. The van der Waals surface area contributed by atoms with Gasteiger partial charge in [0, 0.05) is 44.8 Å². The molecule has 0 radical (unpaired) electrons. The molecule has 0 bridgehead atoms. The van der Waals surface area contributed by atoms with Crippen LogP contribution in [0.4, 0.5) is 4.79 Å². The first kappa shape index (κ1) is 17.1. The van der Waals surface area contributed by atoms with E-state index in [0.29, 0.717) is 24.5 Å². The van der Waals surface area contributed by atoms with Crippen molar-refractivity contribution in [3.8, 4) is 0 Å². The average Bonchev–Trinajstić information content (AvgIpc) is 3.08. The summed E-state index contributed by atoms with van der Waals surface area (Å²) in [6.07, 6.45) is 9.64. The van der Waals surface area contributed by atoms with Gasteiger partial charge in [0.15, 0.2) is 0 Å². The number of nitrogens with zero attached hydrogens (tertiary/aromatic N) is 3. The van der Waals surface area contributed by atoms with Gasteiger partial charge in [0.2, 0.25) is 5.91 Å². The Hall–Kier alpha value is -1.30. The van der Waals surface area contributed by atoms with E-state index in [1.165, 1.54) is 38.5 Å². The van der Waals surface area contributed by atoms with E-state index in [9.17, 15) is 9.59 Å². The molecule has 0 spiro atoms. The lowest BCUT2D eigenvalue weighted by atomic mass is 9.78. The van der Waals surface area contributed by atoms with Gasteiger partial charge in [0.05, 0.1) is 6.54 Å². The zero-order valence-electron chi connectivity index (χ0n) is 15.3. The Balaban J connectivity index is 1.28. The Labute approximate surface area is 150 Å². The van der Waals surface area contributed by atoms with E-state index in [-0.39, 0.29) is 6.03 Å². The van der Waals surface area contributed by atoms with Crippen molar-refractivity contribution in [2.45, 2.75) is 63.5 Å². The molecule has 3 saturated heterocycles. The van der Waals surface area contributed by atoms with Gasteiger partial charge in [-0.1, -0.05) is 12.8 Å². The van der Waals surface area contributed by atoms with Crippen LogP contribution in [0.5, 0.6) is 0 Å². The molecule has 3 heterocycles. The van der Waals surface area contributed by atoms with Crippen LogP contribution in [-0.4, -0.2) is 78.0 Å². The van der Waals surface area contributed by atoms with Crippen LogP contribution in [0.3, 0.4) is 0 Å². The molecule has 6 nitrogen and oxygen atoms in total. The molecule has 25 heavy (non-hydrogen) atoms. The average molecular weight is 348 g/mol. The number of carbonyl (C=O) groups is 2. The third kappa shape index (κ3) is 3.64. The summed E-state index contributed by atoms with van der Waals surface area (Å²) in [6.45, 7) is 5.01. The SMILES string of the molecule is O=C1NCCN1C1CCN(CC(=O)N2CCCC3CCCCC32)CC1. The van der Waals surface area contributed by atoms with Crippen molar-refractivity contribution in [1.82, 2.24) is 20.0 Å². The highest BCUT2D eigenvalue weighted by Gasteiger charge is 2.37. The highest BCUT2D eigenvalue weighted by atomic mass is 16.2. The highest BCUT2D eigenvalue weighted by Crippen LogP contribution is 2.35. The van der Waals surface area contributed by atoms with Gasteiger partial charge >= 0.3 is 6.03 Å². The van der Waals surface area contributed by atoms with Crippen molar-refractivity contribution >= 4 is 11.9 Å². The number of fused-ring (bicyclic) bond motifs is 1. The Bertz CT molecular complexity index is 502. The number of hydrogen-bond acceptors (Lipinski definition) is 3. The van der Waals surface area contributed by atoms with Crippen molar-refractivity contribution in [3.63, 3.8) is 0 Å². The number of rotatable bonds is 3. The molecule has 3 aliphatic heterocycles. The Morgan fingerprint density at radius 1 is 0.960 bits per heavy atom. The normalized spacial score (nSPS) is 31.8. The topological polar surface area (TPSA) is 55.9 Å². The van der Waals surface area contributed by atoms with Crippen LogP contribution in [0, 0.1) is 5.92 Å². The molecule has 140 valence electrons. The minimum atomic E-state index is 0.0891. The van der Waals surface area contributed by atoms with Gasteiger partial charge in [-0.15, -0.1) is 0 Å². The second kappa shape index (κ2) is 7.52. The van der Waals surface area contributed by atoms with Gasteiger partial charge in [0.25, 0.3) is 0 Å². The maximum Gasteiger partial charge on any atom is 0.317 e. The number of hydrogen-bond donors (Lipinski definition) is 1. The number of urea groups is 1. The van der Waals surface area contributed by atoms with Crippen molar-refractivity contribution < 1.29 is 9.59 Å². The van der Waals surface area contributed by atoms with E-state index in [4.69, 9.17) is 0 Å². The van der Waals surface area contributed by atoms with Gasteiger partial charge in [-0.2, -0.15) is 0 Å². The Morgan fingerprint density at radius 3 is 2.48 bits per heavy atom. The molecule has 2 atom stereocenters. The highest BCUT2D eigenvalue weighted by molar-refractivity contribution is 5.79. The minimum absolute atomic E-state index is 0.0891. The lowest BCUT2D eigenvalue weighted by Crippen LogP contribution is -2.54. The molecule has 3 amide bonds. The third-order valence-electron chi connectivity index (χ3n) is 6.81. The van der Waals surface area contributed by atoms with Gasteiger partial charge < -0.3 is 15.1 Å². The molecule has 2 unspecified atom stereocenters. The van der Waals surface area contributed by atoms with Gasteiger partial charge in [-0.3, -0.25) is 9.69 Å². The molecular weight excluding hydrogens is 316 g/mol. The molecule has 4 aliphatic rings. The standard InChI is InChI=1S/C19H32N4O2/c24-18(23-10-3-5-15-4-1-2-6-17(15)23)14-21-11-7-16(8-12-21)22-13-9-20-19(22)25/h15-17H,1-14H2,(H,20,25). The summed E-state index contributed by atoms with van der Waals surface area (Å²) in [6, 6.07) is 0.957. The lowest BCUT2D eigenvalue weighted by molar-refractivity contribution is -0.139. The fourth-order valence-corrected chi connectivity index (χ4v) is 5.44. The van der Waals surface area contributed by atoms with E-state index in [0.717, 1.165) is 51.5 Å². The van der Waals surface area contributed by atoms with E-state index >= 15 is 0 Å². The second-order valence-electron chi connectivity index (χ2n) is 8.27. The van der Waals surface area contributed by atoms with Gasteiger partial charge in [0.1, 0.15) is 0 Å². The quantitative estimate of drug-likeness (QED) is 0.844. The Morgan fingerprint density at radius 2 is 1.72 bits per heavy atom. The fraction of sp³-hybridized carbons (Fsp3) is 0.895. The predicted molar refractivity (Wildman–Crippen MR) is 96.3 cm³/mol. The monoisotopic (exact) mass is 348 g/mol. The smallest absolute Gasteiger partial charge is 0.317 e. The van der Waals surface area contributed by atoms with Crippen LogP contribution in [0.1, 0.15) is 51.4 Å². The summed E-state index contributed by atoms with van der Waals surface area (Å²) in [5, 5.41) is 2.89. The fourth-order valence-electron chi connectivity index (χ4n) is 5.44. The second-order valence-corrected chi connectivity index (χ2v) is 8.27. The number of amides is 3.